The minimum atomic E-state index is -0.856. The predicted molar refractivity (Wildman–Crippen MR) is 75.2 cm³/mol. The van der Waals surface area contributed by atoms with Crippen molar-refractivity contribution >= 4 is 39.1 Å². The highest BCUT2D eigenvalue weighted by Gasteiger charge is 2.34. The normalized spacial score (nSPS) is 11.8. The molecule has 0 atom stereocenters. The number of benzene rings is 1. The SMILES string of the molecule is CCOC(CBr)(OCC)c1ccc(Cl)cc1Cl. The zero-order valence-electron chi connectivity index (χ0n) is 9.80. The Balaban J connectivity index is 3.19. The third-order valence-corrected chi connectivity index (χ3v) is 3.56. The Hall–Kier alpha value is 0.200. The molecule has 2 nitrogen and oxygen atoms in total. The number of hydrogen-bond acceptors (Lipinski definition) is 2. The van der Waals surface area contributed by atoms with Crippen LogP contribution in [0.3, 0.4) is 0 Å². The van der Waals surface area contributed by atoms with Gasteiger partial charge in [0.2, 0.25) is 5.79 Å². The first-order valence-electron chi connectivity index (χ1n) is 5.39. The van der Waals surface area contributed by atoms with E-state index < -0.39 is 5.79 Å². The fourth-order valence-corrected chi connectivity index (χ4v) is 2.79. The van der Waals surface area contributed by atoms with Crippen LogP contribution < -0.4 is 0 Å². The molecule has 0 aliphatic carbocycles. The Labute approximate surface area is 120 Å². The Kier molecular flexibility index (Phi) is 6.24. The Morgan fingerprint density at radius 1 is 1.18 bits per heavy atom. The van der Waals surface area contributed by atoms with Crippen LogP contribution in [0.25, 0.3) is 0 Å². The van der Waals surface area contributed by atoms with Crippen molar-refractivity contribution in [1.82, 2.24) is 0 Å². The number of alkyl halides is 1. The van der Waals surface area contributed by atoms with Gasteiger partial charge in [0.1, 0.15) is 0 Å². The van der Waals surface area contributed by atoms with Gasteiger partial charge in [0, 0.05) is 23.8 Å². The van der Waals surface area contributed by atoms with Crippen LogP contribution in [0.15, 0.2) is 18.2 Å². The molecule has 0 radical (unpaired) electrons. The van der Waals surface area contributed by atoms with E-state index in [1.807, 2.05) is 19.9 Å². The first-order valence-corrected chi connectivity index (χ1v) is 7.26. The molecular weight excluding hydrogens is 327 g/mol. The van der Waals surface area contributed by atoms with Gasteiger partial charge in [-0.15, -0.1) is 0 Å². The molecule has 0 aliphatic heterocycles. The van der Waals surface area contributed by atoms with Crippen molar-refractivity contribution in [3.05, 3.63) is 33.8 Å². The van der Waals surface area contributed by atoms with Crippen molar-refractivity contribution in [1.29, 1.82) is 0 Å². The van der Waals surface area contributed by atoms with Gasteiger partial charge in [-0.2, -0.15) is 0 Å². The quantitative estimate of drug-likeness (QED) is 0.555. The Morgan fingerprint density at radius 3 is 2.18 bits per heavy atom. The highest BCUT2D eigenvalue weighted by atomic mass is 79.9. The molecule has 5 heteroatoms. The van der Waals surface area contributed by atoms with Gasteiger partial charge < -0.3 is 9.47 Å². The zero-order valence-corrected chi connectivity index (χ0v) is 12.9. The summed E-state index contributed by atoms with van der Waals surface area (Å²) in [5, 5.41) is 1.64. The lowest BCUT2D eigenvalue weighted by atomic mass is 10.1. The Morgan fingerprint density at radius 2 is 1.76 bits per heavy atom. The molecule has 0 heterocycles. The summed E-state index contributed by atoms with van der Waals surface area (Å²) in [4.78, 5) is 0. The lowest BCUT2D eigenvalue weighted by Gasteiger charge is -2.32. The van der Waals surface area contributed by atoms with Crippen LogP contribution in [0.4, 0.5) is 0 Å². The van der Waals surface area contributed by atoms with E-state index in [-0.39, 0.29) is 0 Å². The molecular formula is C12H15BrCl2O2. The minimum Gasteiger partial charge on any atom is -0.345 e. The molecule has 0 aromatic heterocycles. The molecule has 96 valence electrons. The third kappa shape index (κ3) is 3.58. The van der Waals surface area contributed by atoms with E-state index in [2.05, 4.69) is 15.9 Å². The third-order valence-electron chi connectivity index (χ3n) is 2.27. The molecule has 0 aliphatic rings. The molecule has 1 aromatic rings. The summed E-state index contributed by atoms with van der Waals surface area (Å²) in [6.07, 6.45) is 0. The summed E-state index contributed by atoms with van der Waals surface area (Å²) in [6.45, 7) is 4.90. The van der Waals surface area contributed by atoms with Gasteiger partial charge in [-0.25, -0.2) is 0 Å². The van der Waals surface area contributed by atoms with E-state index in [0.717, 1.165) is 5.56 Å². The largest absolute Gasteiger partial charge is 0.345 e. The topological polar surface area (TPSA) is 18.5 Å². The van der Waals surface area contributed by atoms with E-state index in [1.54, 1.807) is 12.1 Å². The highest BCUT2D eigenvalue weighted by Crippen LogP contribution is 2.35. The molecule has 1 aromatic carbocycles. The van der Waals surface area contributed by atoms with Gasteiger partial charge in [0.25, 0.3) is 0 Å². The minimum absolute atomic E-state index is 0.503. The number of hydrogen-bond donors (Lipinski definition) is 0. The highest BCUT2D eigenvalue weighted by molar-refractivity contribution is 9.09. The number of halogens is 3. The van der Waals surface area contributed by atoms with Crippen molar-refractivity contribution in [2.24, 2.45) is 0 Å². The van der Waals surface area contributed by atoms with Gasteiger partial charge >= 0.3 is 0 Å². The maximum atomic E-state index is 6.20. The summed E-state index contributed by atoms with van der Waals surface area (Å²) >= 11 is 15.5. The first kappa shape index (κ1) is 15.3. The van der Waals surface area contributed by atoms with Crippen LogP contribution >= 0.6 is 39.1 Å². The fourth-order valence-electron chi connectivity index (χ4n) is 1.61. The average Bonchev–Trinajstić information content (AvgIpc) is 2.28. The molecule has 17 heavy (non-hydrogen) atoms. The van der Waals surface area contributed by atoms with Gasteiger partial charge in [-0.1, -0.05) is 45.2 Å². The molecule has 0 spiro atoms. The standard InChI is InChI=1S/C12H15BrCl2O2/c1-3-16-12(8-13,17-4-2)10-6-5-9(14)7-11(10)15/h5-7H,3-4,8H2,1-2H3. The van der Waals surface area contributed by atoms with Crippen LogP contribution in [0.1, 0.15) is 19.4 Å². The molecule has 0 N–H and O–H groups in total. The second-order valence-corrected chi connectivity index (χ2v) is 4.78. The van der Waals surface area contributed by atoms with Crippen LogP contribution in [-0.2, 0) is 15.3 Å². The zero-order chi connectivity index (χ0) is 12.9. The number of ether oxygens (including phenoxy) is 2. The van der Waals surface area contributed by atoms with Crippen molar-refractivity contribution in [2.45, 2.75) is 19.6 Å². The lowest BCUT2D eigenvalue weighted by molar-refractivity contribution is -0.225. The molecule has 0 fully saturated rings. The van der Waals surface area contributed by atoms with Gasteiger partial charge in [-0.05, 0) is 26.0 Å². The summed E-state index contributed by atoms with van der Waals surface area (Å²) in [7, 11) is 0. The maximum Gasteiger partial charge on any atom is 0.206 e. The van der Waals surface area contributed by atoms with Crippen molar-refractivity contribution in [3.63, 3.8) is 0 Å². The fraction of sp³-hybridized carbons (Fsp3) is 0.500. The smallest absolute Gasteiger partial charge is 0.206 e. The molecule has 0 unspecified atom stereocenters. The second kappa shape index (κ2) is 6.95. The summed E-state index contributed by atoms with van der Waals surface area (Å²) in [5.41, 5.74) is 0.782. The van der Waals surface area contributed by atoms with Gasteiger partial charge in [0.15, 0.2) is 0 Å². The van der Waals surface area contributed by atoms with E-state index >= 15 is 0 Å². The van der Waals surface area contributed by atoms with E-state index in [4.69, 9.17) is 32.7 Å². The summed E-state index contributed by atoms with van der Waals surface area (Å²) in [6, 6.07) is 5.30. The van der Waals surface area contributed by atoms with Crippen LogP contribution in [0, 0.1) is 0 Å². The lowest BCUT2D eigenvalue weighted by Crippen LogP contribution is -2.35. The van der Waals surface area contributed by atoms with Gasteiger partial charge in [-0.3, -0.25) is 0 Å². The van der Waals surface area contributed by atoms with E-state index in [1.165, 1.54) is 0 Å². The monoisotopic (exact) mass is 340 g/mol. The molecule has 0 bridgehead atoms. The molecule has 0 saturated carbocycles. The van der Waals surface area contributed by atoms with E-state index in [9.17, 15) is 0 Å². The molecule has 1 rings (SSSR count). The van der Waals surface area contributed by atoms with Crippen LogP contribution in [-0.4, -0.2) is 18.5 Å². The first-order chi connectivity index (χ1) is 8.09. The summed E-state index contributed by atoms with van der Waals surface area (Å²) < 4.78 is 11.5. The predicted octanol–water partition coefficient (Wildman–Crippen LogP) is 4.61. The number of rotatable bonds is 6. The van der Waals surface area contributed by atoms with Crippen LogP contribution in [0.2, 0.25) is 10.0 Å². The van der Waals surface area contributed by atoms with Gasteiger partial charge in [0.05, 0.1) is 10.4 Å². The van der Waals surface area contributed by atoms with Crippen molar-refractivity contribution in [2.75, 3.05) is 18.5 Å². The average molecular weight is 342 g/mol. The maximum absolute atomic E-state index is 6.20. The summed E-state index contributed by atoms with van der Waals surface area (Å²) in [5.74, 6) is -0.856. The molecule has 0 saturated heterocycles. The molecule has 0 amide bonds. The van der Waals surface area contributed by atoms with E-state index in [0.29, 0.717) is 28.6 Å². The van der Waals surface area contributed by atoms with Crippen molar-refractivity contribution in [3.8, 4) is 0 Å². The van der Waals surface area contributed by atoms with Crippen molar-refractivity contribution < 1.29 is 9.47 Å². The Bertz CT molecular complexity index is 366. The van der Waals surface area contributed by atoms with Crippen LogP contribution in [0.5, 0.6) is 0 Å². The second-order valence-electron chi connectivity index (χ2n) is 3.38.